The van der Waals surface area contributed by atoms with Gasteiger partial charge in [-0.2, -0.15) is 0 Å². The summed E-state index contributed by atoms with van der Waals surface area (Å²) in [5.74, 6) is -0.762. The van der Waals surface area contributed by atoms with Crippen molar-refractivity contribution in [1.82, 2.24) is 5.32 Å². The highest BCUT2D eigenvalue weighted by molar-refractivity contribution is 5.73. The summed E-state index contributed by atoms with van der Waals surface area (Å²) < 4.78 is 0. The molecular weight excluding hydrogens is 154 g/mol. The van der Waals surface area contributed by atoms with Crippen LogP contribution in [0.2, 0.25) is 0 Å². The number of likely N-dealkylation sites (N-methyl/N-ethyl adjacent to an activating group) is 1. The topological polar surface area (TPSA) is 49.3 Å². The molecule has 72 valence electrons. The van der Waals surface area contributed by atoms with Crippen LogP contribution in [0.3, 0.4) is 0 Å². The van der Waals surface area contributed by atoms with Gasteiger partial charge in [0.25, 0.3) is 0 Å². The van der Waals surface area contributed by atoms with Crippen molar-refractivity contribution < 1.29 is 9.90 Å². The average molecular weight is 173 g/mol. The molecule has 0 saturated carbocycles. The summed E-state index contributed by atoms with van der Waals surface area (Å²) in [6, 6.07) is -0.399. The standard InChI is InChI=1S/C9H19NO2/c1-9(2,3)6-5-7(10-4)8(11)12/h7,10H,5-6H2,1-4H3,(H,11,12). The van der Waals surface area contributed by atoms with Crippen molar-refractivity contribution in [2.75, 3.05) is 7.05 Å². The summed E-state index contributed by atoms with van der Waals surface area (Å²) >= 11 is 0. The number of aliphatic carboxylic acids is 1. The molecule has 3 nitrogen and oxygen atoms in total. The van der Waals surface area contributed by atoms with Gasteiger partial charge in [-0.15, -0.1) is 0 Å². The number of nitrogens with one attached hydrogen (secondary N) is 1. The Morgan fingerprint density at radius 2 is 2.00 bits per heavy atom. The molecule has 0 amide bonds. The molecule has 0 aliphatic heterocycles. The Balaban J connectivity index is 3.81. The molecule has 0 saturated heterocycles. The zero-order valence-electron chi connectivity index (χ0n) is 8.35. The first-order valence-corrected chi connectivity index (χ1v) is 4.27. The molecule has 0 radical (unpaired) electrons. The molecule has 0 spiro atoms. The van der Waals surface area contributed by atoms with Crippen molar-refractivity contribution in [1.29, 1.82) is 0 Å². The average Bonchev–Trinajstić information content (AvgIpc) is 1.85. The highest BCUT2D eigenvalue weighted by Crippen LogP contribution is 2.21. The minimum absolute atomic E-state index is 0.213. The van der Waals surface area contributed by atoms with Crippen LogP contribution in [0.15, 0.2) is 0 Å². The fraction of sp³-hybridized carbons (Fsp3) is 0.889. The summed E-state index contributed by atoms with van der Waals surface area (Å²) in [6.45, 7) is 6.34. The van der Waals surface area contributed by atoms with E-state index in [1.807, 2.05) is 0 Å². The van der Waals surface area contributed by atoms with Crippen molar-refractivity contribution in [2.45, 2.75) is 39.7 Å². The number of carboxylic acid groups (broad SMARTS) is 1. The second-order valence-electron chi connectivity index (χ2n) is 4.28. The van der Waals surface area contributed by atoms with Gasteiger partial charge >= 0.3 is 5.97 Å². The molecule has 0 aliphatic carbocycles. The Hall–Kier alpha value is -0.570. The van der Waals surface area contributed by atoms with E-state index in [4.69, 9.17) is 5.11 Å². The molecule has 2 N–H and O–H groups in total. The second kappa shape index (κ2) is 4.45. The van der Waals surface area contributed by atoms with Gasteiger partial charge in [0, 0.05) is 0 Å². The molecule has 0 fully saturated rings. The fourth-order valence-electron chi connectivity index (χ4n) is 0.969. The smallest absolute Gasteiger partial charge is 0.320 e. The highest BCUT2D eigenvalue weighted by atomic mass is 16.4. The Bertz CT molecular complexity index is 149. The maximum atomic E-state index is 10.6. The molecule has 0 heterocycles. The SMILES string of the molecule is CNC(CCC(C)(C)C)C(=O)O. The number of rotatable bonds is 4. The van der Waals surface area contributed by atoms with Gasteiger partial charge in [0.05, 0.1) is 0 Å². The van der Waals surface area contributed by atoms with Crippen LogP contribution in [0.5, 0.6) is 0 Å². The minimum Gasteiger partial charge on any atom is -0.480 e. The summed E-state index contributed by atoms with van der Waals surface area (Å²) in [5.41, 5.74) is 0.213. The van der Waals surface area contributed by atoms with Crippen molar-refractivity contribution in [3.63, 3.8) is 0 Å². The van der Waals surface area contributed by atoms with E-state index in [0.717, 1.165) is 6.42 Å². The predicted octanol–water partition coefficient (Wildman–Crippen LogP) is 1.49. The maximum Gasteiger partial charge on any atom is 0.320 e. The van der Waals surface area contributed by atoms with Gasteiger partial charge in [0.2, 0.25) is 0 Å². The van der Waals surface area contributed by atoms with E-state index in [1.54, 1.807) is 7.05 Å². The minimum atomic E-state index is -0.762. The van der Waals surface area contributed by atoms with E-state index in [1.165, 1.54) is 0 Å². The third kappa shape index (κ3) is 5.13. The van der Waals surface area contributed by atoms with Gasteiger partial charge in [-0.05, 0) is 25.3 Å². The summed E-state index contributed by atoms with van der Waals surface area (Å²) in [7, 11) is 1.68. The van der Waals surface area contributed by atoms with E-state index in [-0.39, 0.29) is 5.41 Å². The van der Waals surface area contributed by atoms with Crippen LogP contribution in [-0.4, -0.2) is 24.2 Å². The molecule has 3 heteroatoms. The Morgan fingerprint density at radius 3 is 2.25 bits per heavy atom. The molecule has 0 aromatic rings. The lowest BCUT2D eigenvalue weighted by Crippen LogP contribution is -2.34. The zero-order chi connectivity index (χ0) is 9.78. The van der Waals surface area contributed by atoms with Crippen molar-refractivity contribution in [3.8, 4) is 0 Å². The normalized spacial score (nSPS) is 14.3. The van der Waals surface area contributed by atoms with Gasteiger partial charge in [-0.25, -0.2) is 0 Å². The quantitative estimate of drug-likeness (QED) is 0.677. The Labute approximate surface area is 74.2 Å². The Morgan fingerprint density at radius 1 is 1.50 bits per heavy atom. The number of carboxylic acids is 1. The van der Waals surface area contributed by atoms with Crippen LogP contribution < -0.4 is 5.32 Å². The summed E-state index contributed by atoms with van der Waals surface area (Å²) in [5, 5.41) is 11.5. The first kappa shape index (κ1) is 11.4. The molecule has 0 aliphatic rings. The van der Waals surface area contributed by atoms with Gasteiger partial charge in [0.1, 0.15) is 6.04 Å². The number of hydrogen-bond acceptors (Lipinski definition) is 2. The van der Waals surface area contributed by atoms with Crippen LogP contribution in [0.25, 0.3) is 0 Å². The van der Waals surface area contributed by atoms with Crippen LogP contribution in [0, 0.1) is 5.41 Å². The molecule has 0 bridgehead atoms. The highest BCUT2D eigenvalue weighted by Gasteiger charge is 2.18. The molecule has 0 aromatic carbocycles. The lowest BCUT2D eigenvalue weighted by atomic mass is 9.89. The second-order valence-corrected chi connectivity index (χ2v) is 4.28. The van der Waals surface area contributed by atoms with Gasteiger partial charge in [-0.1, -0.05) is 20.8 Å². The van der Waals surface area contributed by atoms with Gasteiger partial charge < -0.3 is 10.4 Å². The molecule has 1 atom stereocenters. The molecule has 12 heavy (non-hydrogen) atoms. The molecular formula is C9H19NO2. The predicted molar refractivity (Wildman–Crippen MR) is 49.2 cm³/mol. The van der Waals surface area contributed by atoms with Crippen molar-refractivity contribution in [2.24, 2.45) is 5.41 Å². The molecule has 0 aromatic heterocycles. The maximum absolute atomic E-state index is 10.6. The van der Waals surface area contributed by atoms with Crippen LogP contribution >= 0.6 is 0 Å². The fourth-order valence-corrected chi connectivity index (χ4v) is 0.969. The molecule has 1 unspecified atom stereocenters. The monoisotopic (exact) mass is 173 g/mol. The van der Waals surface area contributed by atoms with Crippen LogP contribution in [0.4, 0.5) is 0 Å². The third-order valence-corrected chi connectivity index (χ3v) is 1.83. The van der Waals surface area contributed by atoms with E-state index >= 15 is 0 Å². The number of hydrogen-bond donors (Lipinski definition) is 2. The van der Waals surface area contributed by atoms with Crippen molar-refractivity contribution in [3.05, 3.63) is 0 Å². The number of carbonyl (C=O) groups is 1. The van der Waals surface area contributed by atoms with E-state index in [0.29, 0.717) is 6.42 Å². The van der Waals surface area contributed by atoms with Gasteiger partial charge in [0.15, 0.2) is 0 Å². The Kier molecular flexibility index (Phi) is 4.24. The molecule has 0 rings (SSSR count). The zero-order valence-corrected chi connectivity index (χ0v) is 8.35. The van der Waals surface area contributed by atoms with E-state index in [2.05, 4.69) is 26.1 Å². The first-order valence-electron chi connectivity index (χ1n) is 4.27. The third-order valence-electron chi connectivity index (χ3n) is 1.83. The van der Waals surface area contributed by atoms with Crippen molar-refractivity contribution >= 4 is 5.97 Å². The van der Waals surface area contributed by atoms with E-state index < -0.39 is 12.0 Å². The summed E-state index contributed by atoms with van der Waals surface area (Å²) in [4.78, 5) is 10.6. The summed E-state index contributed by atoms with van der Waals surface area (Å²) in [6.07, 6.45) is 1.61. The van der Waals surface area contributed by atoms with Gasteiger partial charge in [-0.3, -0.25) is 4.79 Å². The van der Waals surface area contributed by atoms with E-state index in [9.17, 15) is 4.79 Å². The first-order chi connectivity index (χ1) is 5.37. The van der Waals surface area contributed by atoms with Crippen LogP contribution in [-0.2, 0) is 4.79 Å². The van der Waals surface area contributed by atoms with Crippen LogP contribution in [0.1, 0.15) is 33.6 Å². The largest absolute Gasteiger partial charge is 0.480 e. The lowest BCUT2D eigenvalue weighted by molar-refractivity contribution is -0.139. The lowest BCUT2D eigenvalue weighted by Gasteiger charge is -2.20.